The number of rotatable bonds is 9. The van der Waals surface area contributed by atoms with Crippen molar-refractivity contribution in [3.8, 4) is 0 Å². The van der Waals surface area contributed by atoms with Crippen LogP contribution in [0.2, 0.25) is 0 Å². The highest BCUT2D eigenvalue weighted by Crippen LogP contribution is 2.50. The Kier molecular flexibility index (Phi) is 8.43. The smallest absolute Gasteiger partial charge is 0.269 e. The molecule has 0 aromatic heterocycles. The molecule has 0 spiro atoms. The minimum absolute atomic E-state index is 0.0583. The summed E-state index contributed by atoms with van der Waals surface area (Å²) in [5.74, 6) is -0.356. The van der Waals surface area contributed by atoms with E-state index in [1.807, 2.05) is 20.2 Å². The third-order valence-corrected chi connectivity index (χ3v) is 8.15. The van der Waals surface area contributed by atoms with Crippen LogP contribution in [-0.4, -0.2) is 47.1 Å². The third kappa shape index (κ3) is 5.20. The Morgan fingerprint density at radius 3 is 2.36 bits per heavy atom. The highest BCUT2D eigenvalue weighted by Gasteiger charge is 2.48. The van der Waals surface area contributed by atoms with Crippen molar-refractivity contribution in [3.63, 3.8) is 0 Å². The maximum Gasteiger partial charge on any atom is 0.269 e. The van der Waals surface area contributed by atoms with Gasteiger partial charge in [0.1, 0.15) is 0 Å². The fraction of sp³-hybridized carbons (Fsp3) is 0.538. The van der Waals surface area contributed by atoms with Crippen LogP contribution < -0.4 is 4.90 Å². The summed E-state index contributed by atoms with van der Waals surface area (Å²) < 4.78 is 2.27. The van der Waals surface area contributed by atoms with Crippen molar-refractivity contribution < 1.29 is 10.0 Å². The summed E-state index contributed by atoms with van der Waals surface area (Å²) in [6.45, 7) is 4.36. The highest BCUT2D eigenvalue weighted by molar-refractivity contribution is 7.97. The SMILES string of the molecule is CCCCC1(CCCC)[C@H](O)[C@H](c2cccc([N+](=O)[O-])c2)c2cc(N(C)C)ccc2SN1C. The number of aliphatic hydroxyl groups excluding tert-OH is 1. The molecule has 1 N–H and O–H groups in total. The van der Waals surface area contributed by atoms with E-state index >= 15 is 0 Å². The maximum absolute atomic E-state index is 12.2. The van der Waals surface area contributed by atoms with Crippen LogP contribution in [0.1, 0.15) is 69.4 Å². The standard InChI is InChI=1S/C26H37N3O3S/c1-6-8-15-26(16-9-7-2)25(30)24(19-11-10-12-21(17-19)29(31)32)22-18-20(27(3)4)13-14-23(22)33-28(26)5/h10-14,17-18,24-25,30H,6-9,15-16H2,1-5H3/t24-,25-/m1/s1. The fourth-order valence-corrected chi connectivity index (χ4v) is 6.13. The molecule has 1 aliphatic heterocycles. The van der Waals surface area contributed by atoms with E-state index in [2.05, 4.69) is 48.3 Å². The van der Waals surface area contributed by atoms with Crippen molar-refractivity contribution in [2.45, 2.75) is 74.8 Å². The van der Waals surface area contributed by atoms with Crippen molar-refractivity contribution in [1.82, 2.24) is 4.31 Å². The molecule has 3 rings (SSSR count). The molecule has 180 valence electrons. The molecular weight excluding hydrogens is 434 g/mol. The quantitative estimate of drug-likeness (QED) is 0.266. The molecule has 0 saturated heterocycles. The third-order valence-electron chi connectivity index (χ3n) is 6.94. The summed E-state index contributed by atoms with van der Waals surface area (Å²) in [5.41, 5.74) is 2.50. The lowest BCUT2D eigenvalue weighted by molar-refractivity contribution is -0.384. The Balaban J connectivity index is 2.25. The van der Waals surface area contributed by atoms with Crippen LogP contribution >= 0.6 is 11.9 Å². The van der Waals surface area contributed by atoms with Gasteiger partial charge in [-0.05, 0) is 61.2 Å². The second-order valence-corrected chi connectivity index (χ2v) is 10.5. The summed E-state index contributed by atoms with van der Waals surface area (Å²) in [6.07, 6.45) is 5.21. The first kappa shape index (κ1) is 25.5. The summed E-state index contributed by atoms with van der Waals surface area (Å²) in [4.78, 5) is 14.4. The Morgan fingerprint density at radius 2 is 1.79 bits per heavy atom. The molecule has 2 aromatic carbocycles. The van der Waals surface area contributed by atoms with Gasteiger partial charge in [-0.25, -0.2) is 4.31 Å². The molecule has 7 heteroatoms. The number of anilines is 1. The lowest BCUT2D eigenvalue weighted by Crippen LogP contribution is -2.54. The van der Waals surface area contributed by atoms with Crippen molar-refractivity contribution in [2.75, 3.05) is 26.0 Å². The number of likely N-dealkylation sites (N-methyl/N-ethyl adjacent to an activating group) is 1. The van der Waals surface area contributed by atoms with E-state index in [0.29, 0.717) is 0 Å². The maximum atomic E-state index is 12.2. The topological polar surface area (TPSA) is 69.8 Å². The molecule has 33 heavy (non-hydrogen) atoms. The lowest BCUT2D eigenvalue weighted by Gasteiger charge is -2.45. The van der Waals surface area contributed by atoms with Gasteiger partial charge in [0.05, 0.1) is 16.6 Å². The van der Waals surface area contributed by atoms with Gasteiger partial charge < -0.3 is 10.0 Å². The largest absolute Gasteiger partial charge is 0.390 e. The van der Waals surface area contributed by atoms with Crippen LogP contribution in [0, 0.1) is 10.1 Å². The second kappa shape index (κ2) is 10.9. The number of non-ortho nitro benzene ring substituents is 1. The average molecular weight is 472 g/mol. The van der Waals surface area contributed by atoms with Crippen molar-refractivity contribution in [3.05, 3.63) is 63.7 Å². The minimum atomic E-state index is -0.700. The zero-order valence-electron chi connectivity index (χ0n) is 20.5. The van der Waals surface area contributed by atoms with Gasteiger partial charge in [-0.15, -0.1) is 0 Å². The van der Waals surface area contributed by atoms with Gasteiger partial charge in [-0.3, -0.25) is 10.1 Å². The van der Waals surface area contributed by atoms with Gasteiger partial charge in [0, 0.05) is 42.7 Å². The molecule has 2 atom stereocenters. The molecule has 0 saturated carbocycles. The first-order valence-corrected chi connectivity index (χ1v) is 12.7. The van der Waals surface area contributed by atoms with Crippen LogP contribution in [0.25, 0.3) is 0 Å². The Hall–Kier alpha value is -2.09. The van der Waals surface area contributed by atoms with Gasteiger partial charge in [-0.1, -0.05) is 51.7 Å². The van der Waals surface area contributed by atoms with Crippen LogP contribution in [-0.2, 0) is 0 Å². The number of aliphatic hydroxyl groups is 1. The van der Waals surface area contributed by atoms with Crippen LogP contribution in [0.4, 0.5) is 11.4 Å². The number of unbranched alkanes of at least 4 members (excludes halogenated alkanes) is 2. The number of fused-ring (bicyclic) bond motifs is 1. The molecule has 0 bridgehead atoms. The van der Waals surface area contributed by atoms with E-state index in [1.54, 1.807) is 24.1 Å². The van der Waals surface area contributed by atoms with E-state index in [4.69, 9.17) is 0 Å². The lowest BCUT2D eigenvalue weighted by atomic mass is 9.72. The van der Waals surface area contributed by atoms with Gasteiger partial charge >= 0.3 is 0 Å². The summed E-state index contributed by atoms with van der Waals surface area (Å²) in [5, 5.41) is 23.8. The van der Waals surface area contributed by atoms with Crippen molar-refractivity contribution >= 4 is 23.3 Å². The molecule has 0 aliphatic carbocycles. The molecule has 0 radical (unpaired) electrons. The van der Waals surface area contributed by atoms with E-state index in [1.165, 1.54) is 6.07 Å². The Morgan fingerprint density at radius 1 is 1.12 bits per heavy atom. The highest BCUT2D eigenvalue weighted by atomic mass is 32.2. The minimum Gasteiger partial charge on any atom is -0.390 e. The van der Waals surface area contributed by atoms with Crippen LogP contribution in [0.5, 0.6) is 0 Å². The van der Waals surface area contributed by atoms with Crippen molar-refractivity contribution in [2.24, 2.45) is 0 Å². The number of hydrogen-bond donors (Lipinski definition) is 1. The van der Waals surface area contributed by atoms with Crippen molar-refractivity contribution in [1.29, 1.82) is 0 Å². The van der Waals surface area contributed by atoms with E-state index in [0.717, 1.165) is 60.2 Å². The van der Waals surface area contributed by atoms with E-state index in [9.17, 15) is 15.2 Å². The summed E-state index contributed by atoms with van der Waals surface area (Å²) in [7, 11) is 6.10. The predicted molar refractivity (Wildman–Crippen MR) is 137 cm³/mol. The summed E-state index contributed by atoms with van der Waals surface area (Å²) in [6, 6.07) is 13.2. The van der Waals surface area contributed by atoms with E-state index < -0.39 is 11.6 Å². The average Bonchev–Trinajstić information content (AvgIpc) is 2.88. The zero-order valence-corrected chi connectivity index (χ0v) is 21.3. The van der Waals surface area contributed by atoms with E-state index in [-0.39, 0.29) is 16.5 Å². The first-order chi connectivity index (χ1) is 15.7. The number of hydrogen-bond acceptors (Lipinski definition) is 6. The molecule has 0 amide bonds. The number of benzene rings is 2. The second-order valence-electron chi connectivity index (χ2n) is 9.29. The molecule has 2 aromatic rings. The molecule has 6 nitrogen and oxygen atoms in total. The molecule has 1 aliphatic rings. The molecule has 0 fully saturated rings. The molecule has 1 heterocycles. The number of nitro groups is 1. The van der Waals surface area contributed by atoms with Crippen LogP contribution in [0.3, 0.4) is 0 Å². The molecule has 0 unspecified atom stereocenters. The van der Waals surface area contributed by atoms with Gasteiger partial charge in [0.25, 0.3) is 5.69 Å². The Labute approximate surface area is 202 Å². The van der Waals surface area contributed by atoms with Crippen LogP contribution in [0.15, 0.2) is 47.4 Å². The van der Waals surface area contributed by atoms with Gasteiger partial charge in [-0.2, -0.15) is 0 Å². The number of nitrogens with zero attached hydrogens (tertiary/aromatic N) is 3. The Bertz CT molecular complexity index is 958. The molecular formula is C26H37N3O3S. The zero-order chi connectivity index (χ0) is 24.2. The predicted octanol–water partition coefficient (Wildman–Crippen LogP) is 6.23. The summed E-state index contributed by atoms with van der Waals surface area (Å²) >= 11 is 1.69. The number of nitro benzene ring substituents is 1. The fourth-order valence-electron chi connectivity index (χ4n) is 4.94. The first-order valence-electron chi connectivity index (χ1n) is 11.9. The van der Waals surface area contributed by atoms with Gasteiger partial charge in [0.15, 0.2) is 0 Å². The van der Waals surface area contributed by atoms with Gasteiger partial charge in [0.2, 0.25) is 0 Å². The normalized spacial score (nSPS) is 20.2. The monoisotopic (exact) mass is 471 g/mol.